The SMILES string of the molecule is CS[S+](C)C.O=[N+]([O-])c1cc([N+](=O)[O-])c(S(=O)(=O)[O-])c([N+](=O)[O-])c1. The van der Waals surface area contributed by atoms with Gasteiger partial charge in [0.25, 0.3) is 5.69 Å². The number of nitro groups is 3. The van der Waals surface area contributed by atoms with Gasteiger partial charge in [0.15, 0.2) is 0 Å². The van der Waals surface area contributed by atoms with E-state index in [4.69, 9.17) is 0 Å². The van der Waals surface area contributed by atoms with Gasteiger partial charge in [0.1, 0.15) is 22.6 Å². The Bertz CT molecular complexity index is 728. The fourth-order valence-corrected chi connectivity index (χ4v) is 2.00. The molecular weight excluding hydrogens is 390 g/mol. The fourth-order valence-electron chi connectivity index (χ4n) is 1.22. The van der Waals surface area contributed by atoms with E-state index in [2.05, 4.69) is 18.8 Å². The van der Waals surface area contributed by atoms with Crippen molar-refractivity contribution in [2.24, 2.45) is 0 Å². The molecule has 134 valence electrons. The van der Waals surface area contributed by atoms with Crippen LogP contribution < -0.4 is 0 Å². The van der Waals surface area contributed by atoms with Crippen molar-refractivity contribution in [3.05, 3.63) is 42.5 Å². The van der Waals surface area contributed by atoms with Gasteiger partial charge in [-0.2, -0.15) is 0 Å². The summed E-state index contributed by atoms with van der Waals surface area (Å²) in [7, 11) is -3.05. The maximum Gasteiger partial charge on any atom is 0.300 e. The van der Waals surface area contributed by atoms with E-state index in [-0.39, 0.29) is 12.1 Å². The molecule has 0 saturated heterocycles. The number of rotatable bonds is 5. The molecule has 0 aromatic heterocycles. The molecule has 15 heteroatoms. The molecule has 0 aliphatic carbocycles. The lowest BCUT2D eigenvalue weighted by atomic mass is 10.2. The van der Waals surface area contributed by atoms with E-state index in [1.807, 2.05) is 10.8 Å². The molecule has 0 unspecified atom stereocenters. The average molecular weight is 401 g/mol. The smallest absolute Gasteiger partial charge is 0.300 e. The maximum absolute atomic E-state index is 10.8. The van der Waals surface area contributed by atoms with Gasteiger partial charge in [0, 0.05) is 6.26 Å². The van der Waals surface area contributed by atoms with Crippen molar-refractivity contribution >= 4 is 47.9 Å². The van der Waals surface area contributed by atoms with E-state index in [1.54, 1.807) is 0 Å². The highest BCUT2D eigenvalue weighted by Gasteiger charge is 2.34. The van der Waals surface area contributed by atoms with Crippen molar-refractivity contribution in [3.63, 3.8) is 0 Å². The summed E-state index contributed by atoms with van der Waals surface area (Å²) in [5, 5.41) is 31.6. The van der Waals surface area contributed by atoms with Crippen molar-refractivity contribution in [3.8, 4) is 0 Å². The van der Waals surface area contributed by atoms with Crippen LogP contribution in [-0.2, 0) is 20.0 Å². The van der Waals surface area contributed by atoms with Crippen LogP contribution in [0.2, 0.25) is 0 Å². The van der Waals surface area contributed by atoms with E-state index in [0.717, 1.165) is 0 Å². The first-order chi connectivity index (χ1) is 10.8. The molecule has 0 bridgehead atoms. The van der Waals surface area contributed by atoms with E-state index in [9.17, 15) is 43.3 Å². The number of hydrogen-bond acceptors (Lipinski definition) is 10. The highest BCUT2D eigenvalue weighted by atomic mass is 33.1. The molecule has 0 saturated carbocycles. The summed E-state index contributed by atoms with van der Waals surface area (Å²) in [4.78, 5) is 25.8. The van der Waals surface area contributed by atoms with Crippen LogP contribution in [0.5, 0.6) is 0 Å². The summed E-state index contributed by atoms with van der Waals surface area (Å²) in [5.74, 6) is 0. The van der Waals surface area contributed by atoms with Gasteiger partial charge in [-0.05, 0) is 0 Å². The minimum atomic E-state index is -5.55. The van der Waals surface area contributed by atoms with Crippen LogP contribution in [0.4, 0.5) is 17.1 Å². The standard InChI is InChI=1S/C6H3N3O9S.C3H9S2/c10-7(11)3-1-4(8(12)13)6(19(16,17)18)5(2-3)9(14)15;1-4-5(2)3/h1-2H,(H,16,17,18);1-3H3/q;+1/p-1. The Balaban J connectivity index is 0.000000922. The third-order valence-electron chi connectivity index (χ3n) is 2.22. The van der Waals surface area contributed by atoms with Gasteiger partial charge in [0.05, 0.1) is 47.6 Å². The van der Waals surface area contributed by atoms with Crippen LogP contribution in [0.1, 0.15) is 0 Å². The van der Waals surface area contributed by atoms with Crippen molar-refractivity contribution < 1.29 is 27.7 Å². The molecule has 0 spiro atoms. The Kier molecular flexibility index (Phi) is 8.04. The van der Waals surface area contributed by atoms with Crippen molar-refractivity contribution in [2.45, 2.75) is 4.90 Å². The average Bonchev–Trinajstić information content (AvgIpc) is 2.45. The molecule has 1 rings (SSSR count). The second-order valence-corrected chi connectivity index (χ2v) is 10.1. The van der Waals surface area contributed by atoms with Crippen molar-refractivity contribution in [1.82, 2.24) is 0 Å². The summed E-state index contributed by atoms with van der Waals surface area (Å²) in [6.07, 6.45) is 6.55. The zero-order valence-corrected chi connectivity index (χ0v) is 14.8. The number of non-ortho nitro benzene ring substituents is 1. The molecule has 0 radical (unpaired) electrons. The fraction of sp³-hybridized carbons (Fsp3) is 0.333. The van der Waals surface area contributed by atoms with Crippen LogP contribution in [0.3, 0.4) is 0 Å². The Morgan fingerprint density at radius 3 is 1.46 bits per heavy atom. The van der Waals surface area contributed by atoms with Crippen molar-refractivity contribution in [2.75, 3.05) is 18.8 Å². The molecule has 0 aliphatic heterocycles. The van der Waals surface area contributed by atoms with Gasteiger partial charge in [-0.15, -0.1) is 0 Å². The molecule has 24 heavy (non-hydrogen) atoms. The third kappa shape index (κ3) is 6.26. The van der Waals surface area contributed by atoms with Gasteiger partial charge >= 0.3 is 11.4 Å². The lowest BCUT2D eigenvalue weighted by Gasteiger charge is -2.07. The van der Waals surface area contributed by atoms with E-state index < -0.39 is 46.8 Å². The largest absolute Gasteiger partial charge is 0.744 e. The number of benzene rings is 1. The molecule has 12 nitrogen and oxygen atoms in total. The topological polar surface area (TPSA) is 187 Å². The van der Waals surface area contributed by atoms with Gasteiger partial charge < -0.3 is 4.55 Å². The minimum Gasteiger partial charge on any atom is -0.744 e. The zero-order valence-electron chi connectivity index (χ0n) is 12.4. The Hall–Kier alpha value is -1.97. The molecule has 0 N–H and O–H groups in total. The number of nitro benzene ring substituents is 3. The molecule has 0 atom stereocenters. The second kappa shape index (κ2) is 8.76. The van der Waals surface area contributed by atoms with Gasteiger partial charge in [-0.25, -0.2) is 8.42 Å². The van der Waals surface area contributed by atoms with Crippen molar-refractivity contribution in [1.29, 1.82) is 0 Å². The molecule has 0 heterocycles. The van der Waals surface area contributed by atoms with E-state index in [1.165, 1.54) is 0 Å². The van der Waals surface area contributed by atoms with Gasteiger partial charge in [-0.1, -0.05) is 0 Å². The summed E-state index contributed by atoms with van der Waals surface area (Å²) in [6, 6.07) is 0.329. The normalized spacial score (nSPS) is 10.7. The first kappa shape index (κ1) is 22.0. The quantitative estimate of drug-likeness (QED) is 0.230. The van der Waals surface area contributed by atoms with Crippen LogP contribution in [0.15, 0.2) is 17.0 Å². The van der Waals surface area contributed by atoms with Gasteiger partial charge in [-0.3, -0.25) is 30.3 Å². The van der Waals surface area contributed by atoms with Crippen LogP contribution >= 0.6 is 10.8 Å². The summed E-state index contributed by atoms with van der Waals surface area (Å²) in [6.45, 7) is 0. The predicted octanol–water partition coefficient (Wildman–Crippen LogP) is 1.46. The van der Waals surface area contributed by atoms with Crippen LogP contribution in [0.25, 0.3) is 0 Å². The van der Waals surface area contributed by atoms with Gasteiger partial charge in [0.2, 0.25) is 4.90 Å². The molecule has 1 aromatic carbocycles. The first-order valence-corrected chi connectivity index (χ1v) is 10.7. The highest BCUT2D eigenvalue weighted by molar-refractivity contribution is 8.73. The monoisotopic (exact) mass is 401 g/mol. The minimum absolute atomic E-state index is 0.164. The van der Waals surface area contributed by atoms with E-state index in [0.29, 0.717) is 9.93 Å². The first-order valence-electron chi connectivity index (χ1n) is 5.52. The third-order valence-corrected chi connectivity index (χ3v) is 5.81. The summed E-state index contributed by atoms with van der Waals surface area (Å²) < 4.78 is 32.5. The zero-order chi connectivity index (χ0) is 19.2. The van der Waals surface area contributed by atoms with Crippen LogP contribution in [0, 0.1) is 30.3 Å². The lowest BCUT2D eigenvalue weighted by molar-refractivity contribution is -0.407. The summed E-state index contributed by atoms with van der Waals surface area (Å²) in [5.41, 5.74) is -4.11. The van der Waals surface area contributed by atoms with E-state index >= 15 is 0 Å². The predicted molar refractivity (Wildman–Crippen MR) is 87.1 cm³/mol. The number of nitrogens with zero attached hydrogens (tertiary/aromatic N) is 3. The number of hydrogen-bond donors (Lipinski definition) is 0. The molecule has 0 aliphatic rings. The van der Waals surface area contributed by atoms with Crippen LogP contribution in [-0.4, -0.2) is 46.5 Å². The highest BCUT2D eigenvalue weighted by Crippen LogP contribution is 2.36. The molecule has 0 amide bonds. The Morgan fingerprint density at radius 1 is 0.958 bits per heavy atom. The maximum atomic E-state index is 10.8. The molecule has 0 fully saturated rings. The Labute approximate surface area is 142 Å². The molecular formula is C9H11N3O9S3. The molecule has 1 aromatic rings. The second-order valence-electron chi connectivity index (χ2n) is 3.95. The summed E-state index contributed by atoms with van der Waals surface area (Å²) >= 11 is 0. The Morgan fingerprint density at radius 2 is 1.29 bits per heavy atom. The lowest BCUT2D eigenvalue weighted by Crippen LogP contribution is -2.08.